The number of carbonyl (C=O) groups is 2. The Hall–Kier alpha value is -2.59. The van der Waals surface area contributed by atoms with E-state index in [0.717, 1.165) is 17.3 Å². The summed E-state index contributed by atoms with van der Waals surface area (Å²) in [6, 6.07) is 11.5. The molecular weight excluding hydrogens is 364 g/mol. The van der Waals surface area contributed by atoms with Crippen molar-refractivity contribution in [2.75, 3.05) is 12.9 Å². The Kier molecular flexibility index (Phi) is 7.19. The van der Waals surface area contributed by atoms with Gasteiger partial charge < -0.3 is 9.47 Å². The number of thioether (sulfide) groups is 1. The summed E-state index contributed by atoms with van der Waals surface area (Å²) in [4.78, 5) is 28.7. The zero-order chi connectivity index (χ0) is 20.0. The highest BCUT2D eigenvalue weighted by atomic mass is 32.2. The number of nitrogens with zero attached hydrogens (tertiary/aromatic N) is 2. The van der Waals surface area contributed by atoms with Gasteiger partial charge in [0.05, 0.1) is 30.6 Å². The molecule has 142 valence electrons. The first-order valence-electron chi connectivity index (χ1n) is 8.53. The van der Waals surface area contributed by atoms with E-state index in [1.54, 1.807) is 20.8 Å². The molecule has 2 atom stereocenters. The van der Waals surface area contributed by atoms with E-state index < -0.39 is 17.8 Å². The Balaban J connectivity index is 2.43. The van der Waals surface area contributed by atoms with Crippen molar-refractivity contribution in [1.82, 2.24) is 0 Å². The van der Waals surface area contributed by atoms with Crippen molar-refractivity contribution in [1.29, 1.82) is 5.26 Å². The summed E-state index contributed by atoms with van der Waals surface area (Å²) in [5, 5.41) is 10.2. The second-order valence-electron chi connectivity index (χ2n) is 6.30. The van der Waals surface area contributed by atoms with Crippen LogP contribution < -0.4 is 0 Å². The van der Waals surface area contributed by atoms with Gasteiger partial charge in [-0.15, -0.1) is 0 Å². The number of esters is 2. The van der Waals surface area contributed by atoms with E-state index in [0.29, 0.717) is 16.3 Å². The van der Waals surface area contributed by atoms with Crippen LogP contribution in [0.2, 0.25) is 0 Å². The molecular formula is C20H22N2O4S. The third-order valence-corrected chi connectivity index (χ3v) is 5.00. The minimum atomic E-state index is -0.681. The summed E-state index contributed by atoms with van der Waals surface area (Å²) in [6.07, 6.45) is -0.208. The molecule has 0 radical (unpaired) electrons. The maximum Gasteiger partial charge on any atom is 0.316 e. The number of allylic oxidation sites excluding steroid dienone is 1. The number of ether oxygens (including phenoxy) is 2. The summed E-state index contributed by atoms with van der Waals surface area (Å²) >= 11 is 1.15. The molecule has 0 bridgehead atoms. The molecule has 0 saturated heterocycles. The smallest absolute Gasteiger partial charge is 0.316 e. The maximum absolute atomic E-state index is 12.4. The van der Waals surface area contributed by atoms with Crippen LogP contribution in [0.15, 0.2) is 45.9 Å². The lowest BCUT2D eigenvalue weighted by molar-refractivity contribution is -0.144. The standard InChI is InChI=1S/C20H22N2O4S/c1-12(2)26-16(23)11-27-19-15(10-21)18(14-8-6-5-7-9-14)17(13(3)22-19)20(24)25-4/h5-9,12,17-18H,11H2,1-4H3/t17?,18-/m1/s1. The summed E-state index contributed by atoms with van der Waals surface area (Å²) in [5.41, 5.74) is 1.72. The molecule has 1 heterocycles. The highest BCUT2D eigenvalue weighted by Crippen LogP contribution is 2.42. The molecule has 1 aliphatic heterocycles. The monoisotopic (exact) mass is 386 g/mol. The molecule has 0 N–H and O–H groups in total. The van der Waals surface area contributed by atoms with Crippen LogP contribution in [0.25, 0.3) is 0 Å². The number of benzene rings is 1. The fraction of sp³-hybridized carbons (Fsp3) is 0.400. The Morgan fingerprint density at radius 3 is 2.52 bits per heavy atom. The van der Waals surface area contributed by atoms with Crippen molar-refractivity contribution < 1.29 is 19.1 Å². The number of rotatable bonds is 6. The SMILES string of the molecule is COC(=O)C1C(C)=NC(SCC(=O)OC(C)C)=C(C#N)[C@H]1c1ccccc1. The number of nitriles is 1. The molecule has 1 unspecified atom stereocenters. The van der Waals surface area contributed by atoms with Gasteiger partial charge in [-0.25, -0.2) is 4.99 Å². The van der Waals surface area contributed by atoms with Crippen molar-refractivity contribution in [3.63, 3.8) is 0 Å². The van der Waals surface area contributed by atoms with Gasteiger partial charge in [0.1, 0.15) is 10.9 Å². The fourth-order valence-corrected chi connectivity index (χ4v) is 3.79. The van der Waals surface area contributed by atoms with Crippen LogP contribution in [0, 0.1) is 17.2 Å². The average molecular weight is 386 g/mol. The second kappa shape index (κ2) is 9.38. The summed E-state index contributed by atoms with van der Waals surface area (Å²) in [6.45, 7) is 5.29. The van der Waals surface area contributed by atoms with Crippen molar-refractivity contribution in [2.24, 2.45) is 10.9 Å². The number of hydrogen-bond acceptors (Lipinski definition) is 7. The van der Waals surface area contributed by atoms with Crippen LogP contribution in [0.3, 0.4) is 0 Å². The molecule has 0 spiro atoms. The highest BCUT2D eigenvalue weighted by molar-refractivity contribution is 8.03. The first-order valence-corrected chi connectivity index (χ1v) is 9.52. The van der Waals surface area contributed by atoms with E-state index >= 15 is 0 Å². The second-order valence-corrected chi connectivity index (χ2v) is 7.26. The fourth-order valence-electron chi connectivity index (χ4n) is 2.94. The Bertz CT molecular complexity index is 809. The Morgan fingerprint density at radius 1 is 1.30 bits per heavy atom. The van der Waals surface area contributed by atoms with Crippen LogP contribution in [-0.2, 0) is 19.1 Å². The molecule has 2 rings (SSSR count). The van der Waals surface area contributed by atoms with Crippen LogP contribution in [-0.4, -0.2) is 36.6 Å². The van der Waals surface area contributed by atoms with Crippen molar-refractivity contribution >= 4 is 29.4 Å². The largest absolute Gasteiger partial charge is 0.468 e. The van der Waals surface area contributed by atoms with Crippen LogP contribution >= 0.6 is 11.8 Å². The zero-order valence-corrected chi connectivity index (χ0v) is 16.6. The molecule has 0 aromatic heterocycles. The molecule has 1 aliphatic rings. The van der Waals surface area contributed by atoms with E-state index in [1.807, 2.05) is 30.3 Å². The molecule has 6 nitrogen and oxygen atoms in total. The summed E-state index contributed by atoms with van der Waals surface area (Å²) in [7, 11) is 1.32. The van der Waals surface area contributed by atoms with Crippen LogP contribution in [0.5, 0.6) is 0 Å². The number of hydrogen-bond donors (Lipinski definition) is 0. The van der Waals surface area contributed by atoms with E-state index in [1.165, 1.54) is 7.11 Å². The van der Waals surface area contributed by atoms with Crippen LogP contribution in [0.1, 0.15) is 32.3 Å². The van der Waals surface area contributed by atoms with Gasteiger partial charge >= 0.3 is 11.9 Å². The highest BCUT2D eigenvalue weighted by Gasteiger charge is 2.40. The van der Waals surface area contributed by atoms with Gasteiger partial charge in [0.25, 0.3) is 0 Å². The first kappa shape index (κ1) is 20.7. The lowest BCUT2D eigenvalue weighted by Gasteiger charge is -2.29. The third-order valence-electron chi connectivity index (χ3n) is 4.03. The minimum Gasteiger partial charge on any atom is -0.468 e. The predicted molar refractivity (Wildman–Crippen MR) is 104 cm³/mol. The number of aliphatic imine (C=N–C) groups is 1. The number of carbonyl (C=O) groups excluding carboxylic acids is 2. The topological polar surface area (TPSA) is 88.8 Å². The zero-order valence-electron chi connectivity index (χ0n) is 15.8. The van der Waals surface area contributed by atoms with E-state index in [-0.39, 0.29) is 17.8 Å². The lowest BCUT2D eigenvalue weighted by atomic mass is 9.77. The Morgan fingerprint density at radius 2 is 1.96 bits per heavy atom. The maximum atomic E-state index is 12.4. The summed E-state index contributed by atoms with van der Waals surface area (Å²) < 4.78 is 10.1. The van der Waals surface area contributed by atoms with Gasteiger partial charge in [0, 0.05) is 11.6 Å². The molecule has 0 aliphatic carbocycles. The summed E-state index contributed by atoms with van der Waals surface area (Å²) in [5.74, 6) is -1.97. The van der Waals surface area contributed by atoms with Gasteiger partial charge in [-0.2, -0.15) is 5.26 Å². The van der Waals surface area contributed by atoms with Crippen molar-refractivity contribution in [3.8, 4) is 6.07 Å². The van der Waals surface area contributed by atoms with Gasteiger partial charge in [0.15, 0.2) is 0 Å². The molecule has 1 aromatic carbocycles. The van der Waals surface area contributed by atoms with Crippen molar-refractivity contribution in [2.45, 2.75) is 32.8 Å². The molecule has 0 saturated carbocycles. The quantitative estimate of drug-likeness (QED) is 0.696. The van der Waals surface area contributed by atoms with Gasteiger partial charge in [-0.1, -0.05) is 42.1 Å². The predicted octanol–water partition coefficient (Wildman–Crippen LogP) is 3.45. The third kappa shape index (κ3) is 4.98. The van der Waals surface area contributed by atoms with Crippen LogP contribution in [0.4, 0.5) is 0 Å². The Labute approximate surface area is 163 Å². The van der Waals surface area contributed by atoms with E-state index in [2.05, 4.69) is 11.1 Å². The van der Waals surface area contributed by atoms with Crippen molar-refractivity contribution in [3.05, 3.63) is 46.5 Å². The lowest BCUT2D eigenvalue weighted by Crippen LogP contribution is -2.33. The number of methoxy groups -OCH3 is 1. The normalized spacial score (nSPS) is 19.3. The molecule has 1 aromatic rings. The van der Waals surface area contributed by atoms with E-state index in [4.69, 9.17) is 9.47 Å². The van der Waals surface area contributed by atoms with Gasteiger partial charge in [-0.05, 0) is 26.3 Å². The average Bonchev–Trinajstić information content (AvgIpc) is 2.65. The van der Waals surface area contributed by atoms with Gasteiger partial charge in [-0.3, -0.25) is 9.59 Å². The minimum absolute atomic E-state index is 0.0415. The van der Waals surface area contributed by atoms with Gasteiger partial charge in [0.2, 0.25) is 0 Å². The molecule has 0 amide bonds. The molecule has 0 fully saturated rings. The molecule has 7 heteroatoms. The molecule has 27 heavy (non-hydrogen) atoms. The first-order chi connectivity index (χ1) is 12.9. The van der Waals surface area contributed by atoms with E-state index in [9.17, 15) is 14.9 Å².